The topological polar surface area (TPSA) is 49.3 Å². The van der Waals surface area contributed by atoms with Gasteiger partial charge in [-0.3, -0.25) is 4.79 Å². The minimum atomic E-state index is -0.700. The lowest BCUT2D eigenvalue weighted by Crippen LogP contribution is -2.46. The number of carbonyl (C=O) groups is 1. The van der Waals surface area contributed by atoms with Crippen LogP contribution in [-0.2, 0) is 4.79 Å². The normalized spacial score (nSPS) is 29.1. The van der Waals surface area contributed by atoms with Crippen molar-refractivity contribution in [3.63, 3.8) is 0 Å². The van der Waals surface area contributed by atoms with Gasteiger partial charge in [0.15, 0.2) is 0 Å². The van der Waals surface area contributed by atoms with Crippen molar-refractivity contribution >= 4 is 18.5 Å². The van der Waals surface area contributed by atoms with E-state index in [4.69, 9.17) is 0 Å². The summed E-state index contributed by atoms with van der Waals surface area (Å²) in [5, 5.41) is 13.2. The first-order valence-corrected chi connectivity index (χ1v) is 7.50. The van der Waals surface area contributed by atoms with E-state index >= 15 is 0 Å². The molecule has 0 aromatic rings. The molecule has 1 saturated carbocycles. The van der Waals surface area contributed by atoms with Gasteiger partial charge in [0, 0.05) is 13.0 Å². The van der Waals surface area contributed by atoms with Gasteiger partial charge in [-0.1, -0.05) is 20.8 Å². The Morgan fingerprint density at radius 1 is 1.39 bits per heavy atom. The minimum absolute atomic E-state index is 0.0173. The van der Waals surface area contributed by atoms with E-state index in [0.29, 0.717) is 30.1 Å². The highest BCUT2D eigenvalue weighted by molar-refractivity contribution is 7.80. The van der Waals surface area contributed by atoms with Gasteiger partial charge in [0.2, 0.25) is 5.91 Å². The van der Waals surface area contributed by atoms with Gasteiger partial charge in [-0.25, -0.2) is 0 Å². The molecule has 106 valence electrons. The van der Waals surface area contributed by atoms with E-state index in [1.54, 1.807) is 0 Å². The molecular weight excluding hydrogens is 246 g/mol. The van der Waals surface area contributed by atoms with E-state index in [1.165, 1.54) is 0 Å². The highest BCUT2D eigenvalue weighted by Crippen LogP contribution is 2.41. The maximum atomic E-state index is 11.4. The van der Waals surface area contributed by atoms with E-state index in [2.05, 4.69) is 38.7 Å². The van der Waals surface area contributed by atoms with Gasteiger partial charge in [0.1, 0.15) is 0 Å². The summed E-state index contributed by atoms with van der Waals surface area (Å²) in [6.07, 6.45) is 4.08. The molecule has 0 aromatic carbocycles. The van der Waals surface area contributed by atoms with Gasteiger partial charge in [-0.15, -0.1) is 0 Å². The monoisotopic (exact) mass is 273 g/mol. The van der Waals surface area contributed by atoms with Gasteiger partial charge in [-0.2, -0.15) is 12.6 Å². The van der Waals surface area contributed by atoms with Crippen LogP contribution in [0.3, 0.4) is 0 Å². The number of hydrogen-bond acceptors (Lipinski definition) is 3. The zero-order chi connectivity index (χ0) is 13.8. The molecule has 0 atom stereocenters. The number of aliphatic hydroxyl groups is 1. The number of hydrogen-bond donors (Lipinski definition) is 3. The summed E-state index contributed by atoms with van der Waals surface area (Å²) in [5.74, 6) is 1.21. The minimum Gasteiger partial charge on any atom is -0.388 e. The van der Waals surface area contributed by atoms with E-state index in [0.717, 1.165) is 25.7 Å². The molecule has 1 amide bonds. The first-order valence-electron chi connectivity index (χ1n) is 6.87. The second kappa shape index (κ2) is 6.29. The van der Waals surface area contributed by atoms with E-state index in [9.17, 15) is 9.90 Å². The SMILES string of the molecule is CC(C)(C)C1CCC(O)(CNC(=O)CCS)CC1. The van der Waals surface area contributed by atoms with Crippen LogP contribution in [0.5, 0.6) is 0 Å². The van der Waals surface area contributed by atoms with Crippen LogP contribution in [0.1, 0.15) is 52.9 Å². The van der Waals surface area contributed by atoms with Gasteiger partial charge >= 0.3 is 0 Å². The predicted molar refractivity (Wildman–Crippen MR) is 77.8 cm³/mol. The summed E-state index contributed by atoms with van der Waals surface area (Å²) in [7, 11) is 0. The zero-order valence-corrected chi connectivity index (χ0v) is 12.7. The van der Waals surface area contributed by atoms with Crippen molar-refractivity contribution in [2.75, 3.05) is 12.3 Å². The van der Waals surface area contributed by atoms with Gasteiger partial charge in [0.05, 0.1) is 5.60 Å². The summed E-state index contributed by atoms with van der Waals surface area (Å²) in [4.78, 5) is 11.4. The highest BCUT2D eigenvalue weighted by atomic mass is 32.1. The second-order valence-electron chi connectivity index (χ2n) is 6.61. The first-order chi connectivity index (χ1) is 8.27. The number of carbonyl (C=O) groups excluding carboxylic acids is 1. The molecule has 0 aliphatic heterocycles. The summed E-state index contributed by atoms with van der Waals surface area (Å²) < 4.78 is 0. The van der Waals surface area contributed by atoms with Gasteiger partial charge in [-0.05, 0) is 42.8 Å². The molecule has 0 saturated heterocycles. The van der Waals surface area contributed by atoms with Crippen molar-refractivity contribution in [1.29, 1.82) is 0 Å². The third kappa shape index (κ3) is 4.81. The van der Waals surface area contributed by atoms with Crippen molar-refractivity contribution in [3.05, 3.63) is 0 Å². The number of rotatable bonds is 4. The van der Waals surface area contributed by atoms with Crippen molar-refractivity contribution < 1.29 is 9.90 Å². The molecular formula is C14H27NO2S. The van der Waals surface area contributed by atoms with Gasteiger partial charge in [0.25, 0.3) is 0 Å². The molecule has 2 N–H and O–H groups in total. The molecule has 0 unspecified atom stereocenters. The molecule has 0 aromatic heterocycles. The van der Waals surface area contributed by atoms with Gasteiger partial charge < -0.3 is 10.4 Å². The Bertz CT molecular complexity index is 278. The van der Waals surface area contributed by atoms with Crippen molar-refractivity contribution in [1.82, 2.24) is 5.32 Å². The lowest BCUT2D eigenvalue weighted by molar-refractivity contribution is -0.122. The van der Waals surface area contributed by atoms with E-state index in [1.807, 2.05) is 0 Å². The maximum Gasteiger partial charge on any atom is 0.220 e. The molecule has 0 bridgehead atoms. The fraction of sp³-hybridized carbons (Fsp3) is 0.929. The standard InChI is InChI=1S/C14H27NO2S/c1-13(2,3)11-4-7-14(17,8-5-11)10-15-12(16)6-9-18/h11,17-18H,4-10H2,1-3H3,(H,15,16). The van der Waals surface area contributed by atoms with Crippen molar-refractivity contribution in [3.8, 4) is 0 Å². The molecule has 0 spiro atoms. The molecule has 1 aliphatic rings. The fourth-order valence-electron chi connectivity index (χ4n) is 2.65. The van der Waals surface area contributed by atoms with Crippen LogP contribution in [0.2, 0.25) is 0 Å². The molecule has 0 radical (unpaired) electrons. The molecule has 4 heteroatoms. The largest absolute Gasteiger partial charge is 0.388 e. The summed E-state index contributed by atoms with van der Waals surface area (Å²) in [6, 6.07) is 0. The fourth-order valence-corrected chi connectivity index (χ4v) is 2.85. The molecule has 18 heavy (non-hydrogen) atoms. The Balaban J connectivity index is 2.38. The average molecular weight is 273 g/mol. The third-order valence-electron chi connectivity index (χ3n) is 4.09. The highest BCUT2D eigenvalue weighted by Gasteiger charge is 2.37. The molecule has 1 rings (SSSR count). The Morgan fingerprint density at radius 3 is 2.39 bits per heavy atom. The van der Waals surface area contributed by atoms with Crippen LogP contribution in [-0.4, -0.2) is 28.9 Å². The maximum absolute atomic E-state index is 11.4. The van der Waals surface area contributed by atoms with E-state index < -0.39 is 5.60 Å². The molecule has 1 aliphatic carbocycles. The number of nitrogens with one attached hydrogen (secondary N) is 1. The van der Waals surface area contributed by atoms with Crippen LogP contribution < -0.4 is 5.32 Å². The van der Waals surface area contributed by atoms with E-state index in [-0.39, 0.29) is 5.91 Å². The van der Waals surface area contributed by atoms with Crippen LogP contribution in [0, 0.1) is 11.3 Å². The molecule has 3 nitrogen and oxygen atoms in total. The predicted octanol–water partition coefficient (Wildman–Crippen LogP) is 2.39. The lowest BCUT2D eigenvalue weighted by atomic mass is 9.68. The zero-order valence-electron chi connectivity index (χ0n) is 11.8. The average Bonchev–Trinajstić information content (AvgIpc) is 2.26. The van der Waals surface area contributed by atoms with Crippen LogP contribution >= 0.6 is 12.6 Å². The Labute approximate surface area is 116 Å². The molecule has 1 fully saturated rings. The van der Waals surface area contributed by atoms with Crippen molar-refractivity contribution in [2.45, 2.75) is 58.5 Å². The van der Waals surface area contributed by atoms with Crippen LogP contribution in [0.4, 0.5) is 0 Å². The number of thiol groups is 1. The Kier molecular flexibility index (Phi) is 5.53. The third-order valence-corrected chi connectivity index (χ3v) is 4.32. The van der Waals surface area contributed by atoms with Crippen LogP contribution in [0.15, 0.2) is 0 Å². The first kappa shape index (κ1) is 15.8. The Hall–Kier alpha value is -0.220. The second-order valence-corrected chi connectivity index (χ2v) is 7.06. The summed E-state index contributed by atoms with van der Waals surface area (Å²) >= 11 is 4.02. The Morgan fingerprint density at radius 2 is 1.94 bits per heavy atom. The summed E-state index contributed by atoms with van der Waals surface area (Å²) in [5.41, 5.74) is -0.384. The quantitative estimate of drug-likeness (QED) is 0.689. The van der Waals surface area contributed by atoms with Crippen molar-refractivity contribution in [2.24, 2.45) is 11.3 Å². The number of amides is 1. The smallest absolute Gasteiger partial charge is 0.220 e. The summed E-state index contributed by atoms with van der Waals surface area (Å²) in [6.45, 7) is 7.17. The molecule has 0 heterocycles. The van der Waals surface area contributed by atoms with Crippen LogP contribution in [0.25, 0.3) is 0 Å². The lowest BCUT2D eigenvalue weighted by Gasteiger charge is -2.41.